The van der Waals surface area contributed by atoms with Crippen LogP contribution in [0.1, 0.15) is 16.7 Å². The van der Waals surface area contributed by atoms with E-state index in [9.17, 15) is 9.18 Å². The summed E-state index contributed by atoms with van der Waals surface area (Å²) in [4.78, 5) is 15.3. The second-order valence-electron chi connectivity index (χ2n) is 8.04. The van der Waals surface area contributed by atoms with Gasteiger partial charge in [-0.05, 0) is 48.4 Å². The van der Waals surface area contributed by atoms with Gasteiger partial charge in [0.1, 0.15) is 15.8 Å². The first-order valence-corrected chi connectivity index (χ1v) is 12.4. The highest BCUT2D eigenvalue weighted by Gasteiger charge is 2.33. The van der Waals surface area contributed by atoms with Crippen LogP contribution in [0.15, 0.2) is 83.9 Å². The molecule has 0 N–H and O–H groups in total. The molecular formula is C27H19ClFN3OS2. The summed E-state index contributed by atoms with van der Waals surface area (Å²) in [5.74, 6) is -0.512. The zero-order valence-corrected chi connectivity index (χ0v) is 21.0. The molecule has 1 aromatic heterocycles. The molecule has 0 spiro atoms. The number of hydrogen-bond donors (Lipinski definition) is 0. The molecule has 5 rings (SSSR count). The quantitative estimate of drug-likeness (QED) is 0.209. The van der Waals surface area contributed by atoms with Gasteiger partial charge in [-0.1, -0.05) is 84.1 Å². The van der Waals surface area contributed by atoms with Crippen molar-refractivity contribution in [2.24, 2.45) is 0 Å². The summed E-state index contributed by atoms with van der Waals surface area (Å²) in [5.41, 5.74) is 4.12. The number of benzene rings is 3. The maximum absolute atomic E-state index is 14.4. The molecule has 4 aromatic rings. The summed E-state index contributed by atoms with van der Waals surface area (Å²) < 4.78 is 16.6. The summed E-state index contributed by atoms with van der Waals surface area (Å²) in [6.07, 6.45) is 3.61. The van der Waals surface area contributed by atoms with Crippen molar-refractivity contribution >= 4 is 51.9 Å². The van der Waals surface area contributed by atoms with Crippen LogP contribution in [0.3, 0.4) is 0 Å². The lowest BCUT2D eigenvalue weighted by Gasteiger charge is -2.15. The van der Waals surface area contributed by atoms with Crippen molar-refractivity contribution in [2.75, 3.05) is 0 Å². The standard InChI is InChI=1S/C27H19ClFN3OS2/c1-17-11-12-18(13-23(17)29)25-20(16-32(30-25)21-8-3-2-4-9-21)14-24-26(33)31(27(34)35-24)15-19-7-5-6-10-22(19)28/h2-14,16H,15H2,1H3. The smallest absolute Gasteiger partial charge is 0.266 e. The fraction of sp³-hybridized carbons (Fsp3) is 0.0741. The predicted molar refractivity (Wildman–Crippen MR) is 144 cm³/mol. The minimum absolute atomic E-state index is 0.201. The van der Waals surface area contributed by atoms with E-state index in [1.165, 1.54) is 17.8 Å². The summed E-state index contributed by atoms with van der Waals surface area (Å²) in [6, 6.07) is 22.0. The summed E-state index contributed by atoms with van der Waals surface area (Å²) >= 11 is 13.0. The largest absolute Gasteiger partial charge is 0.288 e. The average Bonchev–Trinajstić information content (AvgIpc) is 3.39. The fourth-order valence-corrected chi connectivity index (χ4v) is 5.19. The SMILES string of the molecule is Cc1ccc(-c2nn(-c3ccccc3)cc2C=C2SC(=S)N(Cc3ccccc3Cl)C2=O)cc1F. The number of aromatic nitrogens is 2. The van der Waals surface area contributed by atoms with E-state index in [0.29, 0.717) is 43.2 Å². The fourth-order valence-electron chi connectivity index (χ4n) is 3.74. The Morgan fingerprint density at radius 3 is 2.57 bits per heavy atom. The van der Waals surface area contributed by atoms with Crippen molar-refractivity contribution in [1.29, 1.82) is 0 Å². The Hall–Kier alpha value is -3.26. The minimum atomic E-state index is -0.311. The van der Waals surface area contributed by atoms with Gasteiger partial charge < -0.3 is 0 Å². The lowest BCUT2D eigenvalue weighted by molar-refractivity contribution is -0.122. The van der Waals surface area contributed by atoms with E-state index < -0.39 is 0 Å². The number of hydrogen-bond acceptors (Lipinski definition) is 4. The maximum atomic E-state index is 14.4. The number of rotatable bonds is 5. The van der Waals surface area contributed by atoms with Gasteiger partial charge in [0.15, 0.2) is 0 Å². The molecule has 2 heterocycles. The van der Waals surface area contributed by atoms with Gasteiger partial charge >= 0.3 is 0 Å². The Labute approximate surface area is 217 Å². The maximum Gasteiger partial charge on any atom is 0.266 e. The highest BCUT2D eigenvalue weighted by atomic mass is 35.5. The van der Waals surface area contributed by atoms with Gasteiger partial charge in [0.05, 0.1) is 17.1 Å². The second-order valence-corrected chi connectivity index (χ2v) is 10.1. The highest BCUT2D eigenvalue weighted by molar-refractivity contribution is 8.26. The van der Waals surface area contributed by atoms with Gasteiger partial charge in [0.2, 0.25) is 0 Å². The van der Waals surface area contributed by atoms with Crippen LogP contribution in [0.5, 0.6) is 0 Å². The van der Waals surface area contributed by atoms with Crippen molar-refractivity contribution in [3.63, 3.8) is 0 Å². The molecule has 4 nitrogen and oxygen atoms in total. The highest BCUT2D eigenvalue weighted by Crippen LogP contribution is 2.36. The molecule has 1 amide bonds. The Morgan fingerprint density at radius 2 is 1.83 bits per heavy atom. The van der Waals surface area contributed by atoms with Crippen LogP contribution >= 0.6 is 35.6 Å². The zero-order valence-electron chi connectivity index (χ0n) is 18.6. The van der Waals surface area contributed by atoms with Gasteiger partial charge in [0, 0.05) is 22.3 Å². The van der Waals surface area contributed by atoms with Crippen LogP contribution in [0.2, 0.25) is 5.02 Å². The molecule has 0 radical (unpaired) electrons. The number of carbonyl (C=O) groups excluding carboxylic acids is 1. The van der Waals surface area contributed by atoms with Crippen molar-refractivity contribution in [1.82, 2.24) is 14.7 Å². The van der Waals surface area contributed by atoms with E-state index in [1.54, 1.807) is 34.7 Å². The first-order chi connectivity index (χ1) is 16.9. The monoisotopic (exact) mass is 519 g/mol. The summed E-state index contributed by atoms with van der Waals surface area (Å²) in [6.45, 7) is 2.01. The molecule has 35 heavy (non-hydrogen) atoms. The van der Waals surface area contributed by atoms with Gasteiger partial charge in [-0.2, -0.15) is 5.10 Å². The lowest BCUT2D eigenvalue weighted by Crippen LogP contribution is -2.27. The van der Waals surface area contributed by atoms with Crippen molar-refractivity contribution in [2.45, 2.75) is 13.5 Å². The second kappa shape index (κ2) is 9.77. The third kappa shape index (κ3) is 4.80. The van der Waals surface area contributed by atoms with Crippen molar-refractivity contribution in [3.8, 4) is 16.9 Å². The number of thioether (sulfide) groups is 1. The van der Waals surface area contributed by atoms with Crippen LogP contribution in [0.25, 0.3) is 23.0 Å². The molecule has 8 heteroatoms. The molecule has 0 aliphatic carbocycles. The van der Waals surface area contributed by atoms with Gasteiger partial charge in [0.25, 0.3) is 5.91 Å². The first-order valence-electron chi connectivity index (χ1n) is 10.8. The molecule has 1 fully saturated rings. The molecule has 1 saturated heterocycles. The molecule has 0 unspecified atom stereocenters. The third-order valence-electron chi connectivity index (χ3n) is 5.66. The molecule has 0 saturated carbocycles. The number of amides is 1. The molecular weight excluding hydrogens is 501 g/mol. The number of carbonyl (C=O) groups is 1. The first kappa shape index (κ1) is 23.5. The Bertz CT molecular complexity index is 1480. The number of nitrogens with zero attached hydrogens (tertiary/aromatic N) is 3. The Kier molecular flexibility index (Phi) is 6.56. The van der Waals surface area contributed by atoms with Gasteiger partial charge in [-0.3, -0.25) is 9.69 Å². The topological polar surface area (TPSA) is 38.1 Å². The van der Waals surface area contributed by atoms with E-state index in [4.69, 9.17) is 28.9 Å². The number of thiocarbonyl (C=S) groups is 1. The molecule has 0 bridgehead atoms. The Morgan fingerprint density at radius 1 is 1.09 bits per heavy atom. The number of aryl methyl sites for hydroxylation is 1. The minimum Gasteiger partial charge on any atom is -0.288 e. The van der Waals surface area contributed by atoms with Gasteiger partial charge in [-0.15, -0.1) is 0 Å². The van der Waals surface area contributed by atoms with Crippen LogP contribution in [-0.2, 0) is 11.3 Å². The zero-order chi connectivity index (χ0) is 24.5. The molecule has 1 aliphatic rings. The third-order valence-corrected chi connectivity index (χ3v) is 7.40. The van der Waals surface area contributed by atoms with E-state index in [-0.39, 0.29) is 11.7 Å². The van der Waals surface area contributed by atoms with E-state index in [2.05, 4.69) is 0 Å². The van der Waals surface area contributed by atoms with Crippen molar-refractivity contribution in [3.05, 3.63) is 111 Å². The molecule has 1 aliphatic heterocycles. The lowest BCUT2D eigenvalue weighted by atomic mass is 10.1. The molecule has 0 atom stereocenters. The predicted octanol–water partition coefficient (Wildman–Crippen LogP) is 7.04. The van der Waals surface area contributed by atoms with Gasteiger partial charge in [-0.25, -0.2) is 9.07 Å². The van der Waals surface area contributed by atoms with E-state index >= 15 is 0 Å². The van der Waals surface area contributed by atoms with Crippen LogP contribution in [0.4, 0.5) is 4.39 Å². The van der Waals surface area contributed by atoms with Crippen LogP contribution in [0, 0.1) is 12.7 Å². The summed E-state index contributed by atoms with van der Waals surface area (Å²) in [5, 5.41) is 5.31. The van der Waals surface area contributed by atoms with E-state index in [0.717, 1.165) is 11.3 Å². The van der Waals surface area contributed by atoms with Crippen LogP contribution in [-0.4, -0.2) is 24.9 Å². The Balaban J connectivity index is 1.54. The summed E-state index contributed by atoms with van der Waals surface area (Å²) in [7, 11) is 0. The average molecular weight is 520 g/mol. The molecule has 3 aromatic carbocycles. The van der Waals surface area contributed by atoms with E-state index in [1.807, 2.05) is 60.8 Å². The number of para-hydroxylation sites is 1. The normalized spacial score (nSPS) is 14.8. The van der Waals surface area contributed by atoms with Crippen LogP contribution < -0.4 is 0 Å². The molecule has 174 valence electrons. The van der Waals surface area contributed by atoms with Crippen molar-refractivity contribution < 1.29 is 9.18 Å². The number of halogens is 2.